The van der Waals surface area contributed by atoms with Crippen molar-refractivity contribution in [1.82, 2.24) is 4.90 Å². The molecule has 1 aromatic carbocycles. The first-order valence-corrected chi connectivity index (χ1v) is 6.33. The Labute approximate surface area is 111 Å². The molecule has 5 heteroatoms. The molecule has 1 heterocycles. The lowest BCUT2D eigenvalue weighted by Gasteiger charge is -2.24. The molecular weight excluding hydrogens is 259 g/mol. The molecule has 17 heavy (non-hydrogen) atoms. The van der Waals surface area contributed by atoms with Crippen molar-refractivity contribution in [2.24, 2.45) is 0 Å². The third kappa shape index (κ3) is 2.67. The summed E-state index contributed by atoms with van der Waals surface area (Å²) in [5.74, 6) is 0. The van der Waals surface area contributed by atoms with Crippen LogP contribution in [0.2, 0.25) is 10.0 Å². The van der Waals surface area contributed by atoms with E-state index in [1.54, 1.807) is 30.1 Å². The summed E-state index contributed by atoms with van der Waals surface area (Å²) in [5.41, 5.74) is 0.760. The minimum absolute atomic E-state index is 0.0147. The van der Waals surface area contributed by atoms with Gasteiger partial charge in [-0.15, -0.1) is 0 Å². The maximum absolute atomic E-state index is 12.1. The van der Waals surface area contributed by atoms with E-state index in [1.165, 1.54) is 0 Å². The number of rotatable bonds is 1. The first-order chi connectivity index (χ1) is 8.09. The summed E-state index contributed by atoms with van der Waals surface area (Å²) in [7, 11) is 1.75. The Hall–Kier alpha value is -0.930. The van der Waals surface area contributed by atoms with E-state index < -0.39 is 0 Å². The lowest BCUT2D eigenvalue weighted by molar-refractivity contribution is 0.217. The summed E-state index contributed by atoms with van der Waals surface area (Å²) >= 11 is 11.8. The van der Waals surface area contributed by atoms with Gasteiger partial charge in [0.1, 0.15) is 0 Å². The van der Waals surface area contributed by atoms with Crippen LogP contribution in [-0.2, 0) is 0 Å². The largest absolute Gasteiger partial charge is 0.324 e. The average Bonchev–Trinajstić information content (AvgIpc) is 2.84. The topological polar surface area (TPSA) is 23.6 Å². The maximum atomic E-state index is 12.1. The summed E-state index contributed by atoms with van der Waals surface area (Å²) in [5, 5.41) is 0.961. The Balaban J connectivity index is 2.15. The molecule has 0 spiro atoms. The SMILES string of the molecule is CN(C(=O)N1CCCC1)c1ccc(Cl)c(Cl)c1. The zero-order chi connectivity index (χ0) is 12.4. The number of urea groups is 1. The van der Waals surface area contributed by atoms with Gasteiger partial charge in [-0.25, -0.2) is 4.79 Å². The molecule has 1 fully saturated rings. The Morgan fingerprint density at radius 1 is 1.24 bits per heavy atom. The van der Waals surface area contributed by atoms with Crippen molar-refractivity contribution in [3.63, 3.8) is 0 Å². The van der Waals surface area contributed by atoms with Crippen LogP contribution in [0.4, 0.5) is 10.5 Å². The number of nitrogens with zero attached hydrogens (tertiary/aromatic N) is 2. The maximum Gasteiger partial charge on any atom is 0.324 e. The Bertz CT molecular complexity index is 431. The van der Waals surface area contributed by atoms with Gasteiger partial charge in [0, 0.05) is 25.8 Å². The third-order valence-electron chi connectivity index (χ3n) is 2.95. The lowest BCUT2D eigenvalue weighted by Crippen LogP contribution is -2.39. The van der Waals surface area contributed by atoms with Gasteiger partial charge in [0.05, 0.1) is 10.0 Å². The number of carbonyl (C=O) groups is 1. The highest BCUT2D eigenvalue weighted by atomic mass is 35.5. The van der Waals surface area contributed by atoms with Gasteiger partial charge in [-0.05, 0) is 31.0 Å². The minimum Gasteiger partial charge on any atom is -0.324 e. The third-order valence-corrected chi connectivity index (χ3v) is 3.69. The fraction of sp³-hybridized carbons (Fsp3) is 0.417. The van der Waals surface area contributed by atoms with Crippen molar-refractivity contribution >= 4 is 34.9 Å². The molecule has 0 atom stereocenters. The van der Waals surface area contributed by atoms with Gasteiger partial charge >= 0.3 is 6.03 Å². The number of amides is 2. The highest BCUT2D eigenvalue weighted by molar-refractivity contribution is 6.42. The monoisotopic (exact) mass is 272 g/mol. The van der Waals surface area contributed by atoms with E-state index in [1.807, 2.05) is 4.90 Å². The fourth-order valence-corrected chi connectivity index (χ4v) is 2.22. The molecule has 2 amide bonds. The van der Waals surface area contributed by atoms with E-state index in [0.29, 0.717) is 10.0 Å². The van der Waals surface area contributed by atoms with Crippen LogP contribution in [0.1, 0.15) is 12.8 Å². The number of hydrogen-bond donors (Lipinski definition) is 0. The van der Waals surface area contributed by atoms with Crippen molar-refractivity contribution < 1.29 is 4.79 Å². The molecule has 1 aliphatic heterocycles. The molecule has 0 aromatic heterocycles. The van der Waals surface area contributed by atoms with Gasteiger partial charge in [0.25, 0.3) is 0 Å². The zero-order valence-electron chi connectivity index (χ0n) is 9.62. The van der Waals surface area contributed by atoms with Crippen LogP contribution in [0.3, 0.4) is 0 Å². The highest BCUT2D eigenvalue weighted by Gasteiger charge is 2.22. The number of anilines is 1. The Kier molecular flexibility index (Phi) is 3.79. The van der Waals surface area contributed by atoms with E-state index in [-0.39, 0.29) is 6.03 Å². The van der Waals surface area contributed by atoms with Crippen LogP contribution in [0, 0.1) is 0 Å². The van der Waals surface area contributed by atoms with Crippen molar-refractivity contribution in [1.29, 1.82) is 0 Å². The predicted octanol–water partition coefficient (Wildman–Crippen LogP) is 3.65. The van der Waals surface area contributed by atoms with Crippen molar-refractivity contribution in [3.05, 3.63) is 28.2 Å². The van der Waals surface area contributed by atoms with E-state index in [0.717, 1.165) is 31.6 Å². The van der Waals surface area contributed by atoms with Crippen LogP contribution in [0.15, 0.2) is 18.2 Å². The predicted molar refractivity (Wildman–Crippen MR) is 71.1 cm³/mol. The number of benzene rings is 1. The summed E-state index contributed by atoms with van der Waals surface area (Å²) in [4.78, 5) is 15.6. The van der Waals surface area contributed by atoms with Crippen molar-refractivity contribution in [3.8, 4) is 0 Å². The van der Waals surface area contributed by atoms with Crippen LogP contribution in [0.25, 0.3) is 0 Å². The molecule has 0 aliphatic carbocycles. The Morgan fingerprint density at radius 3 is 2.47 bits per heavy atom. The fourth-order valence-electron chi connectivity index (χ4n) is 1.92. The van der Waals surface area contributed by atoms with E-state index in [4.69, 9.17) is 23.2 Å². The summed E-state index contributed by atoms with van der Waals surface area (Å²) in [6.45, 7) is 1.68. The molecule has 3 nitrogen and oxygen atoms in total. The normalized spacial score (nSPS) is 15.1. The van der Waals surface area contributed by atoms with Gasteiger partial charge in [-0.2, -0.15) is 0 Å². The molecular formula is C12H14Cl2N2O. The molecule has 1 saturated heterocycles. The molecule has 1 aromatic rings. The molecule has 0 saturated carbocycles. The molecule has 92 valence electrons. The van der Waals surface area contributed by atoms with Crippen LogP contribution in [-0.4, -0.2) is 31.1 Å². The van der Waals surface area contributed by atoms with E-state index in [9.17, 15) is 4.79 Å². The van der Waals surface area contributed by atoms with Crippen molar-refractivity contribution in [2.45, 2.75) is 12.8 Å². The van der Waals surface area contributed by atoms with Gasteiger partial charge < -0.3 is 4.90 Å². The minimum atomic E-state index is 0.0147. The van der Waals surface area contributed by atoms with Crippen LogP contribution in [0.5, 0.6) is 0 Å². The van der Waals surface area contributed by atoms with E-state index in [2.05, 4.69) is 0 Å². The Morgan fingerprint density at radius 2 is 1.88 bits per heavy atom. The smallest absolute Gasteiger partial charge is 0.324 e. The molecule has 2 rings (SSSR count). The number of carbonyl (C=O) groups excluding carboxylic acids is 1. The molecule has 0 radical (unpaired) electrons. The summed E-state index contributed by atoms with van der Waals surface area (Å²) in [6, 6.07) is 5.22. The number of hydrogen-bond acceptors (Lipinski definition) is 1. The quantitative estimate of drug-likeness (QED) is 0.766. The lowest BCUT2D eigenvalue weighted by atomic mass is 10.3. The van der Waals surface area contributed by atoms with E-state index >= 15 is 0 Å². The second-order valence-corrected chi connectivity index (χ2v) is 4.95. The van der Waals surface area contributed by atoms with Gasteiger partial charge in [-0.1, -0.05) is 23.2 Å². The second kappa shape index (κ2) is 5.15. The first-order valence-electron chi connectivity index (χ1n) is 5.57. The van der Waals surface area contributed by atoms with Gasteiger partial charge in [-0.3, -0.25) is 4.90 Å². The van der Waals surface area contributed by atoms with Crippen LogP contribution < -0.4 is 4.90 Å². The molecule has 0 bridgehead atoms. The molecule has 0 unspecified atom stereocenters. The average molecular weight is 273 g/mol. The first kappa shape index (κ1) is 12.5. The molecule has 0 N–H and O–H groups in total. The number of likely N-dealkylation sites (tertiary alicyclic amines) is 1. The summed E-state index contributed by atoms with van der Waals surface area (Å²) in [6.07, 6.45) is 2.17. The standard InChI is InChI=1S/C12H14Cl2N2O/c1-15(12(17)16-6-2-3-7-16)9-4-5-10(13)11(14)8-9/h4-5,8H,2-3,6-7H2,1H3. The van der Waals surface area contributed by atoms with Crippen LogP contribution >= 0.6 is 23.2 Å². The van der Waals surface area contributed by atoms with Gasteiger partial charge in [0.2, 0.25) is 0 Å². The highest BCUT2D eigenvalue weighted by Crippen LogP contribution is 2.27. The van der Waals surface area contributed by atoms with Gasteiger partial charge in [0.15, 0.2) is 0 Å². The second-order valence-electron chi connectivity index (χ2n) is 4.13. The van der Waals surface area contributed by atoms with Crippen molar-refractivity contribution in [2.75, 3.05) is 25.0 Å². The molecule has 1 aliphatic rings. The number of halogens is 2. The summed E-state index contributed by atoms with van der Waals surface area (Å²) < 4.78 is 0. The zero-order valence-corrected chi connectivity index (χ0v) is 11.1.